The lowest BCUT2D eigenvalue weighted by molar-refractivity contribution is -0.116. The van der Waals surface area contributed by atoms with Crippen molar-refractivity contribution in [1.82, 2.24) is 10.1 Å². The van der Waals surface area contributed by atoms with Gasteiger partial charge in [0.25, 0.3) is 0 Å². The number of rotatable bonds is 8. The fourth-order valence-electron chi connectivity index (χ4n) is 2.57. The van der Waals surface area contributed by atoms with Gasteiger partial charge in [0.2, 0.25) is 17.6 Å². The molecule has 28 heavy (non-hydrogen) atoms. The molecule has 0 bridgehead atoms. The number of hydrogen-bond donors (Lipinski definition) is 1. The Morgan fingerprint density at radius 1 is 1.11 bits per heavy atom. The van der Waals surface area contributed by atoms with Crippen molar-refractivity contribution in [1.29, 1.82) is 0 Å². The second-order valence-electron chi connectivity index (χ2n) is 5.86. The molecule has 2 aromatic carbocycles. The first kappa shape index (κ1) is 19.8. The van der Waals surface area contributed by atoms with Gasteiger partial charge < -0.3 is 19.3 Å². The van der Waals surface area contributed by atoms with E-state index in [2.05, 4.69) is 15.5 Å². The van der Waals surface area contributed by atoms with Crippen molar-refractivity contribution in [2.24, 2.45) is 0 Å². The van der Waals surface area contributed by atoms with Crippen molar-refractivity contribution < 1.29 is 18.8 Å². The topological polar surface area (TPSA) is 86.5 Å². The molecule has 3 rings (SSSR count). The minimum atomic E-state index is -0.109. The van der Waals surface area contributed by atoms with Crippen LogP contribution in [0.2, 0.25) is 0 Å². The van der Waals surface area contributed by atoms with Crippen LogP contribution in [0.15, 0.2) is 51.9 Å². The van der Waals surface area contributed by atoms with Gasteiger partial charge in [-0.2, -0.15) is 4.98 Å². The first-order valence-electron chi connectivity index (χ1n) is 8.62. The molecule has 0 spiro atoms. The molecule has 8 heteroatoms. The van der Waals surface area contributed by atoms with Crippen molar-refractivity contribution >= 4 is 23.4 Å². The molecule has 0 atom stereocenters. The fraction of sp³-hybridized carbons (Fsp3) is 0.250. The number of methoxy groups -OCH3 is 2. The maximum Gasteiger partial charge on any atom is 0.227 e. The van der Waals surface area contributed by atoms with E-state index in [0.717, 1.165) is 16.1 Å². The van der Waals surface area contributed by atoms with E-state index in [1.54, 1.807) is 38.1 Å². The smallest absolute Gasteiger partial charge is 0.227 e. The lowest BCUT2D eigenvalue weighted by Crippen LogP contribution is -2.12. The maximum absolute atomic E-state index is 12.1. The van der Waals surface area contributed by atoms with Gasteiger partial charge >= 0.3 is 0 Å². The summed E-state index contributed by atoms with van der Waals surface area (Å²) in [6.45, 7) is 0. The molecule has 0 fully saturated rings. The summed E-state index contributed by atoms with van der Waals surface area (Å²) in [4.78, 5) is 17.6. The highest BCUT2D eigenvalue weighted by molar-refractivity contribution is 7.98. The number of ether oxygens (including phenoxy) is 2. The van der Waals surface area contributed by atoms with Crippen LogP contribution in [0.3, 0.4) is 0 Å². The Labute approximate surface area is 167 Å². The summed E-state index contributed by atoms with van der Waals surface area (Å²) in [5.41, 5.74) is 1.50. The molecular weight excluding hydrogens is 378 g/mol. The molecule has 0 aliphatic carbocycles. The van der Waals surface area contributed by atoms with E-state index >= 15 is 0 Å². The van der Waals surface area contributed by atoms with E-state index in [4.69, 9.17) is 14.0 Å². The van der Waals surface area contributed by atoms with Crippen molar-refractivity contribution in [2.45, 2.75) is 17.7 Å². The zero-order chi connectivity index (χ0) is 19.9. The number of thioether (sulfide) groups is 1. The first-order valence-corrected chi connectivity index (χ1v) is 9.84. The van der Waals surface area contributed by atoms with Gasteiger partial charge in [-0.05, 0) is 48.7 Å². The summed E-state index contributed by atoms with van der Waals surface area (Å²) in [7, 11) is 3.14. The Balaban J connectivity index is 1.59. The molecule has 1 amide bonds. The number of anilines is 1. The van der Waals surface area contributed by atoms with Gasteiger partial charge in [-0.1, -0.05) is 5.16 Å². The van der Waals surface area contributed by atoms with Crippen LogP contribution in [-0.4, -0.2) is 36.5 Å². The number of benzene rings is 2. The van der Waals surface area contributed by atoms with Crippen LogP contribution < -0.4 is 14.8 Å². The predicted octanol–water partition coefficient (Wildman–Crippen LogP) is 4.05. The van der Waals surface area contributed by atoms with E-state index < -0.39 is 0 Å². The summed E-state index contributed by atoms with van der Waals surface area (Å²) in [5.74, 6) is 1.93. The minimum Gasteiger partial charge on any atom is -0.493 e. The number of aryl methyl sites for hydroxylation is 1. The van der Waals surface area contributed by atoms with Gasteiger partial charge in [-0.25, -0.2) is 0 Å². The molecule has 0 saturated heterocycles. The quantitative estimate of drug-likeness (QED) is 0.572. The minimum absolute atomic E-state index is 0.109. The van der Waals surface area contributed by atoms with E-state index in [1.165, 1.54) is 0 Å². The van der Waals surface area contributed by atoms with Crippen molar-refractivity contribution in [2.75, 3.05) is 25.8 Å². The van der Waals surface area contributed by atoms with E-state index in [-0.39, 0.29) is 12.3 Å². The third-order valence-electron chi connectivity index (χ3n) is 4.05. The number of aromatic nitrogens is 2. The van der Waals surface area contributed by atoms with E-state index in [9.17, 15) is 4.79 Å². The Kier molecular flexibility index (Phi) is 6.54. The molecule has 1 aromatic heterocycles. The molecule has 1 N–H and O–H groups in total. The zero-order valence-corrected chi connectivity index (χ0v) is 16.7. The summed E-state index contributed by atoms with van der Waals surface area (Å²) in [5, 5.41) is 6.84. The van der Waals surface area contributed by atoms with E-state index in [0.29, 0.717) is 29.6 Å². The van der Waals surface area contributed by atoms with Crippen molar-refractivity contribution in [3.8, 4) is 22.9 Å². The summed E-state index contributed by atoms with van der Waals surface area (Å²) in [6.07, 6.45) is 2.61. The Morgan fingerprint density at radius 3 is 2.54 bits per heavy atom. The highest BCUT2D eigenvalue weighted by Gasteiger charge is 2.13. The van der Waals surface area contributed by atoms with Crippen LogP contribution >= 0.6 is 11.8 Å². The molecule has 1 heterocycles. The number of nitrogens with zero attached hydrogens (tertiary/aromatic N) is 2. The molecule has 0 aliphatic heterocycles. The van der Waals surface area contributed by atoms with Gasteiger partial charge in [0.1, 0.15) is 0 Å². The highest BCUT2D eigenvalue weighted by Crippen LogP contribution is 2.31. The molecule has 3 aromatic rings. The Hall–Kier alpha value is -3.00. The van der Waals surface area contributed by atoms with Crippen LogP contribution in [-0.2, 0) is 11.2 Å². The van der Waals surface area contributed by atoms with Crippen LogP contribution in [0.5, 0.6) is 11.5 Å². The second kappa shape index (κ2) is 9.27. The van der Waals surface area contributed by atoms with Gasteiger partial charge in [0.15, 0.2) is 11.5 Å². The Bertz CT molecular complexity index is 941. The van der Waals surface area contributed by atoms with Crippen LogP contribution in [0.4, 0.5) is 5.69 Å². The lowest BCUT2D eigenvalue weighted by Gasteiger charge is -2.07. The van der Waals surface area contributed by atoms with Crippen molar-refractivity contribution in [3.63, 3.8) is 0 Å². The molecule has 0 aliphatic rings. The SMILES string of the molecule is COc1ccc(-c2noc(CCC(=O)Nc3ccc(SC)cc3)n2)cc1OC. The van der Waals surface area contributed by atoms with Crippen molar-refractivity contribution in [3.05, 3.63) is 48.4 Å². The Morgan fingerprint density at radius 2 is 1.86 bits per heavy atom. The maximum atomic E-state index is 12.1. The third kappa shape index (κ3) is 4.83. The standard InChI is InChI=1S/C20H21N3O4S/c1-25-16-9-4-13(12-17(16)26-2)20-22-19(27-23-20)11-10-18(24)21-14-5-7-15(28-3)8-6-14/h4-9,12H,10-11H2,1-3H3,(H,21,24). The van der Waals surface area contributed by atoms with Crippen LogP contribution in [0.1, 0.15) is 12.3 Å². The molecular formula is C20H21N3O4S. The number of hydrogen-bond acceptors (Lipinski definition) is 7. The second-order valence-corrected chi connectivity index (χ2v) is 6.74. The fourth-order valence-corrected chi connectivity index (χ4v) is 2.98. The number of nitrogens with one attached hydrogen (secondary N) is 1. The predicted molar refractivity (Wildman–Crippen MR) is 108 cm³/mol. The summed E-state index contributed by atoms with van der Waals surface area (Å²) in [6, 6.07) is 13.1. The van der Waals surface area contributed by atoms with Gasteiger partial charge in [0, 0.05) is 29.0 Å². The largest absolute Gasteiger partial charge is 0.493 e. The highest BCUT2D eigenvalue weighted by atomic mass is 32.2. The summed E-state index contributed by atoms with van der Waals surface area (Å²) >= 11 is 1.65. The van der Waals surface area contributed by atoms with Crippen LogP contribution in [0.25, 0.3) is 11.4 Å². The zero-order valence-electron chi connectivity index (χ0n) is 15.9. The number of carbonyl (C=O) groups excluding carboxylic acids is 1. The van der Waals surface area contributed by atoms with Gasteiger partial charge in [-0.3, -0.25) is 4.79 Å². The van der Waals surface area contributed by atoms with Crippen LogP contribution in [0, 0.1) is 0 Å². The molecule has 0 unspecified atom stereocenters. The molecule has 146 valence electrons. The monoisotopic (exact) mass is 399 g/mol. The molecule has 7 nitrogen and oxygen atoms in total. The molecule has 0 radical (unpaired) electrons. The van der Waals surface area contributed by atoms with Gasteiger partial charge in [0.05, 0.1) is 14.2 Å². The number of carbonyl (C=O) groups is 1. The first-order chi connectivity index (χ1) is 13.6. The van der Waals surface area contributed by atoms with E-state index in [1.807, 2.05) is 36.6 Å². The molecule has 0 saturated carbocycles. The lowest BCUT2D eigenvalue weighted by atomic mass is 10.2. The third-order valence-corrected chi connectivity index (χ3v) is 4.79. The average molecular weight is 399 g/mol. The normalized spacial score (nSPS) is 10.5. The van der Waals surface area contributed by atoms with Gasteiger partial charge in [-0.15, -0.1) is 11.8 Å². The number of amides is 1. The summed E-state index contributed by atoms with van der Waals surface area (Å²) < 4.78 is 15.8. The average Bonchev–Trinajstić information content (AvgIpc) is 3.21.